The molecule has 1 aliphatic rings. The highest BCUT2D eigenvalue weighted by atomic mass is 35.5. The first-order valence-electron chi connectivity index (χ1n) is 11.8. The lowest BCUT2D eigenvalue weighted by Gasteiger charge is -2.18. The average molecular weight is 538 g/mol. The number of carbonyl (C=O) groups excluding carboxylic acids is 2. The summed E-state index contributed by atoms with van der Waals surface area (Å²) in [7, 11) is 0. The Bertz CT molecular complexity index is 1690. The Kier molecular flexibility index (Phi) is 6.33. The van der Waals surface area contributed by atoms with E-state index in [9.17, 15) is 9.59 Å². The molecule has 0 radical (unpaired) electrons. The quantitative estimate of drug-likeness (QED) is 0.180. The average Bonchev–Trinajstić information content (AvgIpc) is 3.42. The van der Waals surface area contributed by atoms with Crippen LogP contribution in [0.5, 0.6) is 0 Å². The molecule has 0 atom stereocenters. The van der Waals surface area contributed by atoms with E-state index in [1.165, 1.54) is 17.6 Å². The van der Waals surface area contributed by atoms with Gasteiger partial charge in [-0.05, 0) is 47.3 Å². The first-order valence-corrected chi connectivity index (χ1v) is 13.0. The number of nitrogens with zero attached hydrogens (tertiary/aromatic N) is 3. The summed E-state index contributed by atoms with van der Waals surface area (Å²) in [5.74, 6) is -0.373. The summed E-state index contributed by atoms with van der Waals surface area (Å²) in [4.78, 5) is 32.3. The Morgan fingerprint density at radius 1 is 0.974 bits per heavy atom. The van der Waals surface area contributed by atoms with Crippen LogP contribution < -0.4 is 15.6 Å². The number of hydrogen-bond donors (Lipinski definition) is 2. The summed E-state index contributed by atoms with van der Waals surface area (Å²) in [6, 6.07) is 28.5. The highest BCUT2D eigenvalue weighted by molar-refractivity contribution is 7.17. The number of benzene rings is 4. The number of hydrogen-bond acceptors (Lipinski definition) is 6. The molecule has 0 saturated heterocycles. The van der Waals surface area contributed by atoms with Crippen molar-refractivity contribution < 1.29 is 9.59 Å². The van der Waals surface area contributed by atoms with Crippen molar-refractivity contribution >= 4 is 68.2 Å². The van der Waals surface area contributed by atoms with E-state index in [1.54, 1.807) is 17.0 Å². The fourth-order valence-electron chi connectivity index (χ4n) is 4.39. The first-order chi connectivity index (χ1) is 18.6. The fourth-order valence-corrected chi connectivity index (χ4v) is 5.43. The van der Waals surface area contributed by atoms with Crippen molar-refractivity contribution in [2.24, 2.45) is 5.10 Å². The Labute approximate surface area is 227 Å². The van der Waals surface area contributed by atoms with Crippen LogP contribution in [-0.2, 0) is 6.54 Å². The van der Waals surface area contributed by atoms with Crippen molar-refractivity contribution in [1.29, 1.82) is 0 Å². The minimum absolute atomic E-state index is 0.0168. The molecular weight excluding hydrogens is 518 g/mol. The van der Waals surface area contributed by atoms with Gasteiger partial charge in [0.2, 0.25) is 0 Å². The number of halogens is 1. The molecule has 2 N–H and O–H groups in total. The van der Waals surface area contributed by atoms with E-state index in [0.717, 1.165) is 33.3 Å². The van der Waals surface area contributed by atoms with E-state index >= 15 is 0 Å². The zero-order valence-electron chi connectivity index (χ0n) is 19.9. The fraction of sp³-hybridized carbons (Fsp3) is 0.0345. The first kappa shape index (κ1) is 23.8. The number of hydrazone groups is 1. The number of rotatable bonds is 7. The number of carbonyl (C=O) groups is 2. The smallest absolute Gasteiger partial charge is 0.271 e. The van der Waals surface area contributed by atoms with Gasteiger partial charge in [-0.2, -0.15) is 5.10 Å². The summed E-state index contributed by atoms with van der Waals surface area (Å²) < 4.78 is 0. The lowest BCUT2D eigenvalue weighted by atomic mass is 10.1. The lowest BCUT2D eigenvalue weighted by molar-refractivity contribution is 0.0953. The summed E-state index contributed by atoms with van der Waals surface area (Å²) in [5, 5.41) is 10.2. The largest absolute Gasteiger partial charge is 0.331 e. The second-order valence-corrected chi connectivity index (χ2v) is 10.0. The molecule has 2 heterocycles. The predicted molar refractivity (Wildman–Crippen MR) is 153 cm³/mol. The minimum atomic E-state index is -0.356. The lowest BCUT2D eigenvalue weighted by Crippen LogP contribution is -2.26. The maximum atomic E-state index is 13.0. The van der Waals surface area contributed by atoms with Crippen molar-refractivity contribution in [3.05, 3.63) is 118 Å². The van der Waals surface area contributed by atoms with E-state index in [4.69, 9.17) is 11.6 Å². The van der Waals surface area contributed by atoms with Crippen LogP contribution in [0.1, 0.15) is 31.2 Å². The molecule has 5 aromatic rings. The van der Waals surface area contributed by atoms with E-state index in [2.05, 4.69) is 20.8 Å². The van der Waals surface area contributed by atoms with Crippen molar-refractivity contribution in [1.82, 2.24) is 10.4 Å². The highest BCUT2D eigenvalue weighted by Crippen LogP contribution is 2.38. The predicted octanol–water partition coefficient (Wildman–Crippen LogP) is 6.62. The van der Waals surface area contributed by atoms with E-state index in [1.807, 2.05) is 78.9 Å². The van der Waals surface area contributed by atoms with Gasteiger partial charge in [-0.3, -0.25) is 9.59 Å². The number of nitrogens with one attached hydrogen (secondary N) is 2. The summed E-state index contributed by atoms with van der Waals surface area (Å²) >= 11 is 7.55. The van der Waals surface area contributed by atoms with Crippen LogP contribution in [-0.4, -0.2) is 23.0 Å². The Morgan fingerprint density at radius 2 is 1.74 bits per heavy atom. The monoisotopic (exact) mass is 537 g/mol. The Hall–Kier alpha value is -4.53. The molecule has 1 aromatic heterocycles. The van der Waals surface area contributed by atoms with Crippen LogP contribution >= 0.6 is 22.9 Å². The van der Waals surface area contributed by atoms with Gasteiger partial charge in [0, 0.05) is 22.2 Å². The third-order valence-corrected chi connectivity index (χ3v) is 7.49. The van der Waals surface area contributed by atoms with Gasteiger partial charge in [-0.25, -0.2) is 10.4 Å². The van der Waals surface area contributed by atoms with Gasteiger partial charge < -0.3 is 10.2 Å². The summed E-state index contributed by atoms with van der Waals surface area (Å²) in [6.45, 7) is 0.413. The van der Waals surface area contributed by atoms with Crippen molar-refractivity contribution in [3.8, 4) is 0 Å². The number of anilines is 3. The topological polar surface area (TPSA) is 86.7 Å². The van der Waals surface area contributed by atoms with E-state index in [0.29, 0.717) is 27.3 Å². The molecule has 0 unspecified atom stereocenters. The normalized spacial score (nSPS) is 12.4. The van der Waals surface area contributed by atoms with Gasteiger partial charge in [-0.1, -0.05) is 77.5 Å². The molecule has 9 heteroatoms. The van der Waals surface area contributed by atoms with Gasteiger partial charge in [0.15, 0.2) is 10.3 Å². The zero-order valence-corrected chi connectivity index (χ0v) is 21.5. The molecular formula is C29H20ClN5O2S. The molecule has 0 bridgehead atoms. The standard InChI is InChI=1S/C29H20ClN5O2S/c30-26-24(38-29(33-26)32-21-8-2-1-3-9-21)16-31-34-27(36)20-14-12-18(13-15-20)17-35-23-11-5-7-19-6-4-10-22(25(19)23)28(35)37/h1-16H,17H2,(H,32,33)(H,34,36)/b31-16+. The summed E-state index contributed by atoms with van der Waals surface area (Å²) in [5.41, 5.74) is 6.41. The van der Waals surface area contributed by atoms with Crippen LogP contribution in [0.3, 0.4) is 0 Å². The van der Waals surface area contributed by atoms with Gasteiger partial charge in [0.25, 0.3) is 11.8 Å². The molecule has 0 fully saturated rings. The van der Waals surface area contributed by atoms with Crippen LogP contribution in [0, 0.1) is 0 Å². The number of thiazole rings is 1. The Balaban J connectivity index is 1.09. The van der Waals surface area contributed by atoms with Gasteiger partial charge in [-0.15, -0.1) is 0 Å². The van der Waals surface area contributed by atoms with Gasteiger partial charge in [0.1, 0.15) is 0 Å². The van der Waals surface area contributed by atoms with Crippen molar-refractivity contribution in [2.45, 2.75) is 6.54 Å². The third-order valence-electron chi connectivity index (χ3n) is 6.19. The number of aromatic nitrogens is 1. The number of para-hydroxylation sites is 1. The van der Waals surface area contributed by atoms with Crippen LogP contribution in [0.4, 0.5) is 16.5 Å². The maximum absolute atomic E-state index is 13.0. The van der Waals surface area contributed by atoms with Gasteiger partial charge >= 0.3 is 0 Å². The molecule has 4 aromatic carbocycles. The molecule has 186 valence electrons. The van der Waals surface area contributed by atoms with Crippen LogP contribution in [0.25, 0.3) is 10.8 Å². The summed E-state index contributed by atoms with van der Waals surface area (Å²) in [6.07, 6.45) is 1.47. The SMILES string of the molecule is O=C(N/N=C/c1sc(Nc2ccccc2)nc1Cl)c1ccc(CN2C(=O)c3cccc4cccc2c34)cc1. The Morgan fingerprint density at radius 3 is 2.53 bits per heavy atom. The van der Waals surface area contributed by atoms with Crippen molar-refractivity contribution in [3.63, 3.8) is 0 Å². The third kappa shape index (κ3) is 4.63. The van der Waals surface area contributed by atoms with Gasteiger partial charge in [0.05, 0.1) is 23.3 Å². The van der Waals surface area contributed by atoms with E-state index in [-0.39, 0.29) is 11.8 Å². The molecule has 0 aliphatic carbocycles. The van der Waals surface area contributed by atoms with E-state index < -0.39 is 0 Å². The molecule has 0 saturated carbocycles. The second-order valence-electron chi connectivity index (χ2n) is 8.63. The van der Waals surface area contributed by atoms with Crippen molar-refractivity contribution in [2.75, 3.05) is 10.2 Å². The zero-order chi connectivity index (χ0) is 26.1. The molecule has 1 aliphatic heterocycles. The van der Waals surface area contributed by atoms with Crippen LogP contribution in [0.2, 0.25) is 5.15 Å². The highest BCUT2D eigenvalue weighted by Gasteiger charge is 2.29. The molecule has 38 heavy (non-hydrogen) atoms. The second kappa shape index (κ2) is 10.1. The molecule has 7 nitrogen and oxygen atoms in total. The minimum Gasteiger partial charge on any atom is -0.331 e. The molecule has 2 amide bonds. The maximum Gasteiger partial charge on any atom is 0.271 e. The molecule has 6 rings (SSSR count). The molecule has 0 spiro atoms. The number of amides is 2. The van der Waals surface area contributed by atoms with Crippen LogP contribution in [0.15, 0.2) is 96.1 Å².